The topological polar surface area (TPSA) is 92.6 Å². The number of hydrogen-bond acceptors (Lipinski definition) is 7. The molecular weight excluding hydrogens is 427 g/mol. The molecule has 9 nitrogen and oxygen atoms in total. The zero-order chi connectivity index (χ0) is 22.6. The van der Waals surface area contributed by atoms with E-state index in [1.54, 1.807) is 23.0 Å². The monoisotopic (exact) mass is 450 g/mol. The van der Waals surface area contributed by atoms with Crippen LogP contribution in [0.2, 0.25) is 0 Å². The SMILES string of the molecule is O=C(Cn1cccc1)N1CCN(c2ccc(-c3cc(CNc4ccon4)on3)cc2)CC1F. The third kappa shape index (κ3) is 4.74. The van der Waals surface area contributed by atoms with Crippen molar-refractivity contribution in [1.29, 1.82) is 0 Å². The van der Waals surface area contributed by atoms with Crippen molar-refractivity contribution in [3.8, 4) is 11.3 Å². The maximum absolute atomic E-state index is 14.8. The molecule has 10 heteroatoms. The zero-order valence-corrected chi connectivity index (χ0v) is 17.8. The lowest BCUT2D eigenvalue weighted by Gasteiger charge is -2.38. The van der Waals surface area contributed by atoms with Crippen LogP contribution in [0.1, 0.15) is 5.76 Å². The first-order valence-electron chi connectivity index (χ1n) is 10.7. The Morgan fingerprint density at radius 1 is 1.12 bits per heavy atom. The number of hydrogen-bond donors (Lipinski definition) is 1. The van der Waals surface area contributed by atoms with Gasteiger partial charge in [-0.05, 0) is 24.3 Å². The van der Waals surface area contributed by atoms with Gasteiger partial charge >= 0.3 is 0 Å². The molecule has 1 atom stereocenters. The van der Waals surface area contributed by atoms with E-state index in [2.05, 4.69) is 15.6 Å². The minimum atomic E-state index is -1.35. The van der Waals surface area contributed by atoms with Gasteiger partial charge in [-0.25, -0.2) is 4.39 Å². The van der Waals surface area contributed by atoms with Crippen LogP contribution >= 0.6 is 0 Å². The highest BCUT2D eigenvalue weighted by Crippen LogP contribution is 2.25. The van der Waals surface area contributed by atoms with Crippen LogP contribution in [0.25, 0.3) is 11.3 Å². The Morgan fingerprint density at radius 3 is 2.67 bits per heavy atom. The van der Waals surface area contributed by atoms with Crippen LogP contribution < -0.4 is 10.2 Å². The van der Waals surface area contributed by atoms with Crippen LogP contribution in [0.5, 0.6) is 0 Å². The van der Waals surface area contributed by atoms with Crippen molar-refractivity contribution in [3.63, 3.8) is 0 Å². The summed E-state index contributed by atoms with van der Waals surface area (Å²) in [6, 6.07) is 15.0. The van der Waals surface area contributed by atoms with Gasteiger partial charge in [0, 0.05) is 48.9 Å². The van der Waals surface area contributed by atoms with Crippen LogP contribution in [0, 0.1) is 0 Å². The second-order valence-corrected chi connectivity index (χ2v) is 7.79. The van der Waals surface area contributed by atoms with Crippen molar-refractivity contribution >= 4 is 17.4 Å². The number of alkyl halides is 1. The molecule has 1 amide bonds. The second-order valence-electron chi connectivity index (χ2n) is 7.79. The van der Waals surface area contributed by atoms with Gasteiger partial charge in [-0.2, -0.15) is 0 Å². The van der Waals surface area contributed by atoms with Gasteiger partial charge in [-0.15, -0.1) is 0 Å². The van der Waals surface area contributed by atoms with E-state index in [1.807, 2.05) is 47.4 Å². The van der Waals surface area contributed by atoms with Gasteiger partial charge in [0.2, 0.25) is 5.91 Å². The van der Waals surface area contributed by atoms with Gasteiger partial charge in [-0.3, -0.25) is 4.79 Å². The molecule has 0 bridgehead atoms. The lowest BCUT2D eigenvalue weighted by molar-refractivity contribution is -0.138. The van der Waals surface area contributed by atoms with Gasteiger partial charge in [-0.1, -0.05) is 22.4 Å². The van der Waals surface area contributed by atoms with E-state index in [9.17, 15) is 9.18 Å². The summed E-state index contributed by atoms with van der Waals surface area (Å²) in [7, 11) is 0. The van der Waals surface area contributed by atoms with Crippen LogP contribution in [-0.4, -0.2) is 51.6 Å². The zero-order valence-electron chi connectivity index (χ0n) is 17.8. The quantitative estimate of drug-likeness (QED) is 0.432. The first-order valence-corrected chi connectivity index (χ1v) is 10.7. The average Bonchev–Trinajstić information content (AvgIpc) is 3.61. The van der Waals surface area contributed by atoms with E-state index in [-0.39, 0.29) is 19.0 Å². The maximum Gasteiger partial charge on any atom is 0.244 e. The van der Waals surface area contributed by atoms with Crippen molar-refractivity contribution < 1.29 is 18.2 Å². The van der Waals surface area contributed by atoms with Crippen LogP contribution in [0.3, 0.4) is 0 Å². The van der Waals surface area contributed by atoms with Crippen LogP contribution in [-0.2, 0) is 17.9 Å². The Morgan fingerprint density at radius 2 is 1.94 bits per heavy atom. The summed E-state index contributed by atoms with van der Waals surface area (Å²) in [6.07, 6.45) is 3.74. The summed E-state index contributed by atoms with van der Waals surface area (Å²) in [5, 5.41) is 11.0. The summed E-state index contributed by atoms with van der Waals surface area (Å²) in [6.45, 7) is 1.63. The number of piperazine rings is 1. The highest BCUT2D eigenvalue weighted by Gasteiger charge is 2.30. The number of aromatic nitrogens is 3. The molecule has 1 unspecified atom stereocenters. The van der Waals surface area contributed by atoms with Crippen molar-refractivity contribution in [2.45, 2.75) is 19.4 Å². The molecule has 0 spiro atoms. The van der Waals surface area contributed by atoms with E-state index >= 15 is 0 Å². The van der Waals surface area contributed by atoms with Gasteiger partial charge in [0.15, 0.2) is 17.9 Å². The number of rotatable bonds is 7. The summed E-state index contributed by atoms with van der Waals surface area (Å²) in [4.78, 5) is 15.7. The Hall–Kier alpha value is -4.08. The van der Waals surface area contributed by atoms with E-state index in [1.165, 1.54) is 11.2 Å². The minimum Gasteiger partial charge on any atom is -0.365 e. The van der Waals surface area contributed by atoms with Gasteiger partial charge in [0.05, 0.1) is 13.1 Å². The molecular formula is C23H23FN6O3. The largest absolute Gasteiger partial charge is 0.365 e. The summed E-state index contributed by atoms with van der Waals surface area (Å²) >= 11 is 0. The molecule has 0 saturated carbocycles. The average molecular weight is 450 g/mol. The second kappa shape index (κ2) is 9.19. The van der Waals surface area contributed by atoms with E-state index in [4.69, 9.17) is 9.05 Å². The van der Waals surface area contributed by atoms with Crippen molar-refractivity contribution in [2.24, 2.45) is 0 Å². The molecule has 0 radical (unpaired) electrons. The molecule has 1 fully saturated rings. The highest BCUT2D eigenvalue weighted by molar-refractivity contribution is 5.76. The Kier molecular flexibility index (Phi) is 5.79. The molecule has 0 aliphatic carbocycles. The number of anilines is 2. The van der Waals surface area contributed by atoms with E-state index in [0.717, 1.165) is 11.3 Å². The Labute approximate surface area is 189 Å². The predicted molar refractivity (Wildman–Crippen MR) is 119 cm³/mol. The van der Waals surface area contributed by atoms with Crippen molar-refractivity contribution in [1.82, 2.24) is 19.8 Å². The summed E-state index contributed by atoms with van der Waals surface area (Å²) in [5.74, 6) is 1.07. The van der Waals surface area contributed by atoms with Gasteiger partial charge in [0.1, 0.15) is 18.5 Å². The van der Waals surface area contributed by atoms with Crippen LogP contribution in [0.4, 0.5) is 15.9 Å². The van der Waals surface area contributed by atoms with Gasteiger partial charge in [0.25, 0.3) is 0 Å². The van der Waals surface area contributed by atoms with Gasteiger partial charge < -0.3 is 28.7 Å². The fourth-order valence-electron chi connectivity index (χ4n) is 3.84. The molecule has 1 aliphatic heterocycles. The third-order valence-electron chi connectivity index (χ3n) is 5.59. The number of carbonyl (C=O) groups is 1. The van der Waals surface area contributed by atoms with Crippen molar-refractivity contribution in [3.05, 3.63) is 72.9 Å². The first kappa shape index (κ1) is 20.8. The molecule has 1 N–H and O–H groups in total. The van der Waals surface area contributed by atoms with Crippen molar-refractivity contribution in [2.75, 3.05) is 29.9 Å². The van der Waals surface area contributed by atoms with E-state index in [0.29, 0.717) is 36.9 Å². The normalized spacial score (nSPS) is 16.2. The number of nitrogens with one attached hydrogen (secondary N) is 1. The molecule has 4 heterocycles. The molecule has 5 rings (SSSR count). The Balaban J connectivity index is 1.17. The predicted octanol–water partition coefficient (Wildman–Crippen LogP) is 3.39. The number of carbonyl (C=O) groups excluding carboxylic acids is 1. The fraction of sp³-hybridized carbons (Fsp3) is 0.261. The molecule has 1 aromatic carbocycles. The lowest BCUT2D eigenvalue weighted by Crippen LogP contribution is -2.54. The van der Waals surface area contributed by atoms with E-state index < -0.39 is 6.30 Å². The number of nitrogens with zero attached hydrogens (tertiary/aromatic N) is 5. The maximum atomic E-state index is 14.8. The fourth-order valence-corrected chi connectivity index (χ4v) is 3.84. The summed E-state index contributed by atoms with van der Waals surface area (Å²) in [5.41, 5.74) is 2.50. The first-order chi connectivity index (χ1) is 16.2. The number of halogens is 1. The minimum absolute atomic E-state index is 0.137. The highest BCUT2D eigenvalue weighted by atomic mass is 19.1. The molecule has 3 aromatic heterocycles. The standard InChI is InChI=1S/C23H23FN6O3/c24-21-15-29(10-11-30(21)23(31)16-28-8-1-2-9-28)18-5-3-17(4-6-18)20-13-19(33-26-20)14-25-22-7-12-32-27-22/h1-9,12-13,21H,10-11,14-16H2,(H,25,27). The molecule has 33 heavy (non-hydrogen) atoms. The number of amides is 1. The van der Waals surface area contributed by atoms with Crippen LogP contribution in [0.15, 0.2) is 76.2 Å². The Bertz CT molecular complexity index is 1170. The molecule has 1 saturated heterocycles. The number of benzene rings is 1. The molecule has 4 aromatic rings. The molecule has 1 aliphatic rings. The molecule has 170 valence electrons. The smallest absolute Gasteiger partial charge is 0.244 e. The summed E-state index contributed by atoms with van der Waals surface area (Å²) < 4.78 is 26.7. The lowest BCUT2D eigenvalue weighted by atomic mass is 10.1. The third-order valence-corrected chi connectivity index (χ3v) is 5.59.